The van der Waals surface area contributed by atoms with Gasteiger partial charge in [-0.25, -0.2) is 8.42 Å². The van der Waals surface area contributed by atoms with E-state index in [-0.39, 0.29) is 28.2 Å². The maximum absolute atomic E-state index is 12.6. The first-order valence-electron chi connectivity index (χ1n) is 8.57. The number of benzene rings is 2. The summed E-state index contributed by atoms with van der Waals surface area (Å²) in [7, 11) is -2.19. The van der Waals surface area contributed by atoms with Crippen molar-refractivity contribution in [2.45, 2.75) is 28.4 Å². The molecule has 1 atom stereocenters. The minimum absolute atomic E-state index is 0.0757. The van der Waals surface area contributed by atoms with Gasteiger partial charge >= 0.3 is 0 Å². The van der Waals surface area contributed by atoms with Gasteiger partial charge < -0.3 is 15.4 Å². The van der Waals surface area contributed by atoms with Crippen molar-refractivity contribution in [3.63, 3.8) is 0 Å². The van der Waals surface area contributed by atoms with Crippen molar-refractivity contribution in [1.82, 2.24) is 0 Å². The van der Waals surface area contributed by atoms with Gasteiger partial charge in [-0.1, -0.05) is 12.1 Å². The number of rotatable bonds is 6. The topological polar surface area (TPSA) is 102 Å². The Morgan fingerprint density at radius 3 is 2.75 bits per heavy atom. The van der Waals surface area contributed by atoms with Gasteiger partial charge in [-0.15, -0.1) is 11.8 Å². The molecular weight excluding hydrogens is 400 g/mol. The first kappa shape index (κ1) is 20.2. The van der Waals surface area contributed by atoms with E-state index >= 15 is 0 Å². The summed E-state index contributed by atoms with van der Waals surface area (Å²) < 4.78 is 30.4. The highest BCUT2D eigenvalue weighted by Crippen LogP contribution is 2.37. The van der Waals surface area contributed by atoms with Crippen LogP contribution in [0.4, 0.5) is 11.4 Å². The van der Waals surface area contributed by atoms with Crippen LogP contribution in [0.1, 0.15) is 13.3 Å². The highest BCUT2D eigenvalue weighted by atomic mass is 32.2. The summed E-state index contributed by atoms with van der Waals surface area (Å²) in [5, 5.41) is 5.14. The molecule has 2 aromatic rings. The Bertz CT molecular complexity index is 1020. The maximum Gasteiger partial charge on any atom is 0.237 e. The van der Waals surface area contributed by atoms with E-state index in [4.69, 9.17) is 4.74 Å². The maximum atomic E-state index is 12.6. The molecule has 0 aromatic heterocycles. The number of anilines is 2. The van der Waals surface area contributed by atoms with Crippen LogP contribution in [0, 0.1) is 0 Å². The molecule has 0 spiro atoms. The highest BCUT2D eigenvalue weighted by molar-refractivity contribution is 8.01. The Labute approximate surface area is 167 Å². The molecule has 1 aliphatic rings. The van der Waals surface area contributed by atoms with Crippen molar-refractivity contribution >= 4 is 44.8 Å². The molecule has 1 heterocycles. The summed E-state index contributed by atoms with van der Waals surface area (Å²) in [5.41, 5.74) is 0.961. The second-order valence-corrected chi connectivity index (χ2v) is 9.72. The number of thioether (sulfide) groups is 1. The second kappa shape index (κ2) is 8.24. The van der Waals surface area contributed by atoms with Crippen LogP contribution < -0.4 is 15.4 Å². The van der Waals surface area contributed by atoms with Crippen molar-refractivity contribution in [3.8, 4) is 5.75 Å². The van der Waals surface area contributed by atoms with Crippen LogP contribution in [0.3, 0.4) is 0 Å². The van der Waals surface area contributed by atoms with E-state index in [1.807, 2.05) is 0 Å². The smallest absolute Gasteiger partial charge is 0.237 e. The lowest BCUT2D eigenvalue weighted by atomic mass is 10.3. The van der Waals surface area contributed by atoms with E-state index in [0.29, 0.717) is 17.1 Å². The van der Waals surface area contributed by atoms with E-state index in [1.54, 1.807) is 37.3 Å². The van der Waals surface area contributed by atoms with Crippen LogP contribution in [-0.2, 0) is 19.4 Å². The van der Waals surface area contributed by atoms with Crippen molar-refractivity contribution < 1.29 is 22.7 Å². The molecule has 9 heteroatoms. The minimum atomic E-state index is -3.68. The minimum Gasteiger partial charge on any atom is -0.495 e. The first-order valence-corrected chi connectivity index (χ1v) is 11.1. The number of carbonyl (C=O) groups excluding carboxylic acids is 2. The first-order chi connectivity index (χ1) is 13.3. The number of hydrogen-bond acceptors (Lipinski definition) is 6. The summed E-state index contributed by atoms with van der Waals surface area (Å²) in [5.74, 6) is -0.438. The predicted molar refractivity (Wildman–Crippen MR) is 109 cm³/mol. The van der Waals surface area contributed by atoms with Gasteiger partial charge in [0.15, 0.2) is 9.84 Å². The quantitative estimate of drug-likeness (QED) is 0.745. The molecule has 0 saturated heterocycles. The third-order valence-corrected chi connectivity index (χ3v) is 7.11. The average Bonchev–Trinajstić information content (AvgIpc) is 2.67. The number of hydrogen-bond donors (Lipinski definition) is 2. The number of sulfone groups is 1. The lowest BCUT2D eigenvalue weighted by Gasteiger charge is -2.21. The van der Waals surface area contributed by atoms with E-state index in [9.17, 15) is 18.0 Å². The largest absolute Gasteiger partial charge is 0.495 e. The predicted octanol–water partition coefficient (Wildman–Crippen LogP) is 2.93. The van der Waals surface area contributed by atoms with Crippen LogP contribution in [0.25, 0.3) is 0 Å². The van der Waals surface area contributed by atoms with E-state index in [2.05, 4.69) is 10.6 Å². The molecule has 3 rings (SSSR count). The second-order valence-electron chi connectivity index (χ2n) is 6.22. The van der Waals surface area contributed by atoms with Gasteiger partial charge in [-0.05, 0) is 37.3 Å². The van der Waals surface area contributed by atoms with Crippen LogP contribution in [0.15, 0.2) is 52.3 Å². The molecule has 0 saturated carbocycles. The Morgan fingerprint density at radius 2 is 2.00 bits per heavy atom. The van der Waals surface area contributed by atoms with Gasteiger partial charge in [-0.3, -0.25) is 9.59 Å². The molecule has 28 heavy (non-hydrogen) atoms. The molecule has 148 valence electrons. The molecule has 0 bridgehead atoms. The van der Waals surface area contributed by atoms with E-state index in [0.717, 1.165) is 4.90 Å². The number of fused-ring (bicyclic) bond motifs is 1. The van der Waals surface area contributed by atoms with Gasteiger partial charge in [0, 0.05) is 11.3 Å². The summed E-state index contributed by atoms with van der Waals surface area (Å²) in [6, 6.07) is 11.5. The monoisotopic (exact) mass is 420 g/mol. The molecule has 2 aromatic carbocycles. The summed E-state index contributed by atoms with van der Waals surface area (Å²) in [4.78, 5) is 24.9. The number of para-hydroxylation sites is 2. The standard InChI is InChI=1S/C19H20N2O5S2/c1-12-19(23)21-15-11-13(7-8-17(15)27-12)28(24,25)10-9-18(22)20-14-5-3-4-6-16(14)26-2/h3-8,11-12H,9-10H2,1-2H3,(H,20,22)(H,21,23)/t12-/m1/s1. The summed E-state index contributed by atoms with van der Waals surface area (Å²) in [6.45, 7) is 1.79. The fourth-order valence-corrected chi connectivity index (χ4v) is 4.88. The molecule has 2 amide bonds. The molecule has 0 aliphatic carbocycles. The van der Waals surface area contributed by atoms with Crippen molar-refractivity contribution in [3.05, 3.63) is 42.5 Å². The normalized spacial score (nSPS) is 16.1. The van der Waals surface area contributed by atoms with Gasteiger partial charge in [-0.2, -0.15) is 0 Å². The molecule has 0 unspecified atom stereocenters. The lowest BCUT2D eigenvalue weighted by Crippen LogP contribution is -2.26. The Kier molecular flexibility index (Phi) is 5.95. The summed E-state index contributed by atoms with van der Waals surface area (Å²) in [6.07, 6.45) is -0.199. The van der Waals surface area contributed by atoms with Gasteiger partial charge in [0.05, 0.1) is 34.4 Å². The van der Waals surface area contributed by atoms with Crippen molar-refractivity contribution in [2.75, 3.05) is 23.5 Å². The fraction of sp³-hybridized carbons (Fsp3) is 0.263. The summed E-state index contributed by atoms with van der Waals surface area (Å²) >= 11 is 1.38. The third kappa shape index (κ3) is 4.48. The fourth-order valence-electron chi connectivity index (χ4n) is 2.69. The van der Waals surface area contributed by atoms with Gasteiger partial charge in [0.2, 0.25) is 11.8 Å². The number of amides is 2. The van der Waals surface area contributed by atoms with Gasteiger partial charge in [0.25, 0.3) is 0 Å². The zero-order chi connectivity index (χ0) is 20.3. The van der Waals surface area contributed by atoms with Crippen LogP contribution in [0.5, 0.6) is 5.75 Å². The zero-order valence-corrected chi connectivity index (χ0v) is 17.0. The highest BCUT2D eigenvalue weighted by Gasteiger charge is 2.25. The SMILES string of the molecule is COc1ccccc1NC(=O)CCS(=O)(=O)c1ccc2c(c1)NC(=O)[C@@H](C)S2. The third-order valence-electron chi connectivity index (χ3n) is 4.22. The van der Waals surface area contributed by atoms with E-state index < -0.39 is 15.7 Å². The van der Waals surface area contributed by atoms with Gasteiger partial charge in [0.1, 0.15) is 5.75 Å². The Hall–Kier alpha value is -2.52. The number of nitrogens with one attached hydrogen (secondary N) is 2. The molecule has 2 N–H and O–H groups in total. The lowest BCUT2D eigenvalue weighted by molar-refractivity contribution is -0.116. The molecule has 1 aliphatic heterocycles. The molecule has 7 nitrogen and oxygen atoms in total. The molecule has 0 fully saturated rings. The Morgan fingerprint density at radius 1 is 1.25 bits per heavy atom. The number of carbonyl (C=O) groups is 2. The molecular formula is C19H20N2O5S2. The average molecular weight is 421 g/mol. The van der Waals surface area contributed by atoms with Crippen LogP contribution >= 0.6 is 11.8 Å². The number of methoxy groups -OCH3 is 1. The van der Waals surface area contributed by atoms with E-state index in [1.165, 1.54) is 31.0 Å². The van der Waals surface area contributed by atoms with Crippen LogP contribution in [-0.4, -0.2) is 38.3 Å². The van der Waals surface area contributed by atoms with Crippen molar-refractivity contribution in [2.24, 2.45) is 0 Å². The van der Waals surface area contributed by atoms with Crippen LogP contribution in [0.2, 0.25) is 0 Å². The van der Waals surface area contributed by atoms with Crippen molar-refractivity contribution in [1.29, 1.82) is 0 Å². The Balaban J connectivity index is 1.68. The number of ether oxygens (including phenoxy) is 1. The zero-order valence-electron chi connectivity index (χ0n) is 15.4. The molecule has 0 radical (unpaired) electrons.